The van der Waals surface area contributed by atoms with E-state index in [1.54, 1.807) is 0 Å². The Hall–Kier alpha value is -1.06. The molecule has 2 N–H and O–H groups in total. The summed E-state index contributed by atoms with van der Waals surface area (Å²) in [6, 6.07) is 8.61. The minimum Gasteiger partial charge on any atom is -0.379 e. The van der Waals surface area contributed by atoms with E-state index in [1.165, 1.54) is 11.3 Å². The quantitative estimate of drug-likeness (QED) is 0.697. The molecule has 0 aromatic heterocycles. The summed E-state index contributed by atoms with van der Waals surface area (Å²) in [5.41, 5.74) is 8.18. The zero-order chi connectivity index (χ0) is 14.1. The number of hydrogen-bond acceptors (Lipinski definition) is 3. The van der Waals surface area contributed by atoms with Crippen LogP contribution in [-0.4, -0.2) is 32.8 Å². The lowest BCUT2D eigenvalue weighted by molar-refractivity contribution is 0.115. The van der Waals surface area contributed by atoms with Crippen molar-refractivity contribution in [3.63, 3.8) is 0 Å². The maximum atomic E-state index is 5.68. The highest BCUT2D eigenvalue weighted by Gasteiger charge is 2.06. The number of nitrogens with two attached hydrogens (primary N) is 1. The fourth-order valence-corrected chi connectivity index (χ4v) is 1.97. The molecule has 108 valence electrons. The molecular weight excluding hydrogens is 236 g/mol. The van der Waals surface area contributed by atoms with Gasteiger partial charge < -0.3 is 15.4 Å². The van der Waals surface area contributed by atoms with E-state index in [-0.39, 0.29) is 0 Å². The maximum Gasteiger partial charge on any atom is 0.0641 e. The van der Waals surface area contributed by atoms with Gasteiger partial charge in [-0.25, -0.2) is 0 Å². The Bertz CT molecular complexity index is 352. The van der Waals surface area contributed by atoms with Gasteiger partial charge in [-0.2, -0.15) is 0 Å². The second-order valence-corrected chi connectivity index (χ2v) is 5.44. The molecule has 1 aromatic carbocycles. The summed E-state index contributed by atoms with van der Waals surface area (Å²) in [5.74, 6) is 0.594. The van der Waals surface area contributed by atoms with Gasteiger partial charge in [0, 0.05) is 25.4 Å². The highest BCUT2D eigenvalue weighted by Crippen LogP contribution is 2.16. The van der Waals surface area contributed by atoms with Crippen LogP contribution < -0.4 is 10.6 Å². The Morgan fingerprint density at radius 1 is 1.26 bits per heavy atom. The molecule has 0 heterocycles. The van der Waals surface area contributed by atoms with Gasteiger partial charge in [-0.15, -0.1) is 0 Å². The first-order valence-electron chi connectivity index (χ1n) is 7.23. The van der Waals surface area contributed by atoms with Crippen LogP contribution in [0.1, 0.15) is 25.8 Å². The highest BCUT2D eigenvalue weighted by atomic mass is 16.5. The summed E-state index contributed by atoms with van der Waals surface area (Å²) in [6.07, 6.45) is 1.01. The summed E-state index contributed by atoms with van der Waals surface area (Å²) in [7, 11) is 0. The lowest BCUT2D eigenvalue weighted by Gasteiger charge is -2.25. The van der Waals surface area contributed by atoms with Crippen molar-refractivity contribution in [1.29, 1.82) is 0 Å². The molecule has 1 rings (SSSR count). The Labute approximate surface area is 117 Å². The van der Waals surface area contributed by atoms with Crippen molar-refractivity contribution >= 4 is 5.69 Å². The van der Waals surface area contributed by atoms with Crippen LogP contribution in [0.25, 0.3) is 0 Å². The number of ether oxygens (including phenoxy) is 1. The summed E-state index contributed by atoms with van der Waals surface area (Å²) in [5, 5.41) is 0. The molecule has 19 heavy (non-hydrogen) atoms. The van der Waals surface area contributed by atoms with Crippen LogP contribution in [0, 0.1) is 12.8 Å². The van der Waals surface area contributed by atoms with Crippen molar-refractivity contribution in [1.82, 2.24) is 0 Å². The fraction of sp³-hybridized carbons (Fsp3) is 0.625. The molecule has 0 aliphatic carbocycles. The lowest BCUT2D eigenvalue weighted by atomic mass is 10.2. The number of aryl methyl sites for hydroxylation is 1. The molecule has 0 amide bonds. The van der Waals surface area contributed by atoms with E-state index in [9.17, 15) is 0 Å². The Kier molecular flexibility index (Phi) is 7.53. The molecule has 0 saturated carbocycles. The average molecular weight is 264 g/mol. The molecule has 0 atom stereocenters. The van der Waals surface area contributed by atoms with Gasteiger partial charge in [-0.3, -0.25) is 0 Å². The standard InChI is InChI=1S/C16H28N2O/c1-14(2)13-19-11-10-18(9-5-8-17)16-7-4-6-15(3)12-16/h4,6-7,12,14H,5,8-11,13,17H2,1-3H3. The molecule has 0 unspecified atom stereocenters. The Morgan fingerprint density at radius 3 is 2.68 bits per heavy atom. The molecule has 0 saturated heterocycles. The third-order valence-electron chi connectivity index (χ3n) is 2.96. The van der Waals surface area contributed by atoms with Crippen molar-refractivity contribution in [3.05, 3.63) is 29.8 Å². The highest BCUT2D eigenvalue weighted by molar-refractivity contribution is 5.48. The topological polar surface area (TPSA) is 38.5 Å². The lowest BCUT2D eigenvalue weighted by Crippen LogP contribution is -2.30. The van der Waals surface area contributed by atoms with Gasteiger partial charge in [0.15, 0.2) is 0 Å². The van der Waals surface area contributed by atoms with Crippen LogP contribution in [0.15, 0.2) is 24.3 Å². The predicted molar refractivity (Wildman–Crippen MR) is 82.7 cm³/mol. The summed E-state index contributed by atoms with van der Waals surface area (Å²) in [6.45, 7) is 10.7. The van der Waals surface area contributed by atoms with Gasteiger partial charge in [0.25, 0.3) is 0 Å². The Morgan fingerprint density at radius 2 is 2.05 bits per heavy atom. The molecule has 0 radical (unpaired) electrons. The number of benzene rings is 1. The first kappa shape index (κ1) is 16.0. The molecular formula is C16H28N2O. The monoisotopic (exact) mass is 264 g/mol. The largest absolute Gasteiger partial charge is 0.379 e. The normalized spacial score (nSPS) is 11.0. The summed E-state index contributed by atoms with van der Waals surface area (Å²) in [4.78, 5) is 2.36. The van der Waals surface area contributed by atoms with Crippen molar-refractivity contribution in [2.24, 2.45) is 11.7 Å². The number of nitrogens with zero attached hydrogens (tertiary/aromatic N) is 1. The molecule has 3 nitrogen and oxygen atoms in total. The second-order valence-electron chi connectivity index (χ2n) is 5.44. The van der Waals surface area contributed by atoms with Crippen LogP contribution in [0.2, 0.25) is 0 Å². The van der Waals surface area contributed by atoms with E-state index in [0.717, 1.165) is 39.3 Å². The SMILES string of the molecule is Cc1cccc(N(CCCN)CCOCC(C)C)c1. The van der Waals surface area contributed by atoms with Crippen LogP contribution in [0.3, 0.4) is 0 Å². The molecule has 1 aromatic rings. The van der Waals surface area contributed by atoms with Crippen LogP contribution in [0.4, 0.5) is 5.69 Å². The zero-order valence-corrected chi connectivity index (χ0v) is 12.6. The Balaban J connectivity index is 2.51. The smallest absolute Gasteiger partial charge is 0.0641 e. The fourth-order valence-electron chi connectivity index (χ4n) is 1.97. The van der Waals surface area contributed by atoms with Crippen molar-refractivity contribution < 1.29 is 4.74 Å². The third-order valence-corrected chi connectivity index (χ3v) is 2.96. The number of hydrogen-bond donors (Lipinski definition) is 1. The van der Waals surface area contributed by atoms with Crippen molar-refractivity contribution in [3.8, 4) is 0 Å². The minimum atomic E-state index is 0.594. The average Bonchev–Trinajstić information content (AvgIpc) is 2.37. The van der Waals surface area contributed by atoms with Gasteiger partial charge >= 0.3 is 0 Å². The molecule has 0 fully saturated rings. The van der Waals surface area contributed by atoms with Crippen molar-refractivity contribution in [2.45, 2.75) is 27.2 Å². The number of anilines is 1. The molecule has 0 bridgehead atoms. The van der Waals surface area contributed by atoms with Gasteiger partial charge in [0.05, 0.1) is 6.61 Å². The minimum absolute atomic E-state index is 0.594. The van der Waals surface area contributed by atoms with Crippen LogP contribution in [0.5, 0.6) is 0 Å². The van der Waals surface area contributed by atoms with Crippen molar-refractivity contribution in [2.75, 3.05) is 37.7 Å². The van der Waals surface area contributed by atoms with E-state index in [1.807, 2.05) is 0 Å². The first-order chi connectivity index (χ1) is 9.13. The van der Waals surface area contributed by atoms with E-state index in [2.05, 4.69) is 49.9 Å². The van der Waals surface area contributed by atoms with E-state index >= 15 is 0 Å². The summed E-state index contributed by atoms with van der Waals surface area (Å²) < 4.78 is 5.68. The predicted octanol–water partition coefficient (Wildman–Crippen LogP) is 2.82. The number of rotatable bonds is 9. The molecule has 0 spiro atoms. The first-order valence-corrected chi connectivity index (χ1v) is 7.23. The molecule has 0 aliphatic rings. The van der Waals surface area contributed by atoms with Gasteiger partial charge in [-0.05, 0) is 43.5 Å². The second kappa shape index (κ2) is 8.94. The van der Waals surface area contributed by atoms with Gasteiger partial charge in [-0.1, -0.05) is 26.0 Å². The molecule has 0 aliphatic heterocycles. The van der Waals surface area contributed by atoms with E-state index in [0.29, 0.717) is 5.92 Å². The van der Waals surface area contributed by atoms with Crippen LogP contribution >= 0.6 is 0 Å². The van der Waals surface area contributed by atoms with Gasteiger partial charge in [0.2, 0.25) is 0 Å². The van der Waals surface area contributed by atoms with E-state index < -0.39 is 0 Å². The summed E-state index contributed by atoms with van der Waals surface area (Å²) >= 11 is 0. The zero-order valence-electron chi connectivity index (χ0n) is 12.6. The van der Waals surface area contributed by atoms with E-state index in [4.69, 9.17) is 10.5 Å². The molecule has 3 heteroatoms. The third kappa shape index (κ3) is 6.60. The maximum absolute atomic E-state index is 5.68. The van der Waals surface area contributed by atoms with Gasteiger partial charge in [0.1, 0.15) is 0 Å². The van der Waals surface area contributed by atoms with Crippen LogP contribution in [-0.2, 0) is 4.74 Å².